The first-order chi connectivity index (χ1) is 14.2. The summed E-state index contributed by atoms with van der Waals surface area (Å²) < 4.78 is 0. The van der Waals surface area contributed by atoms with Crippen LogP contribution in [-0.2, 0) is 10.2 Å². The van der Waals surface area contributed by atoms with Gasteiger partial charge < -0.3 is 4.90 Å². The summed E-state index contributed by atoms with van der Waals surface area (Å²) >= 11 is 0. The molecule has 0 saturated carbocycles. The Labute approximate surface area is 174 Å². The fourth-order valence-corrected chi connectivity index (χ4v) is 3.49. The largest absolute Gasteiger partial charge is 0.343 e. The molecule has 0 unspecified atom stereocenters. The average Bonchev–Trinajstić information content (AvgIpc) is 2.93. The molecule has 2 aromatic heterocycles. The molecule has 0 N–H and O–H groups in total. The number of benzene rings is 1. The van der Waals surface area contributed by atoms with E-state index in [1.54, 1.807) is 26.5 Å². The van der Waals surface area contributed by atoms with Crippen molar-refractivity contribution in [2.24, 2.45) is 0 Å². The summed E-state index contributed by atoms with van der Waals surface area (Å²) in [6.45, 7) is 5.59. The number of nitrogens with zero attached hydrogens (tertiary/aromatic N) is 6. The highest BCUT2D eigenvalue weighted by Gasteiger charge is 2.45. The van der Waals surface area contributed by atoms with Crippen LogP contribution < -0.4 is 4.90 Å². The summed E-state index contributed by atoms with van der Waals surface area (Å²) in [5.41, 5.74) is 2.78. The van der Waals surface area contributed by atoms with Crippen LogP contribution >= 0.6 is 0 Å². The Hall–Kier alpha value is -3.68. The molecule has 0 atom stereocenters. The van der Waals surface area contributed by atoms with Gasteiger partial charge in [-0.2, -0.15) is 0 Å². The Bertz CT molecular complexity index is 1150. The highest BCUT2D eigenvalue weighted by atomic mass is 16.2. The fraction of sp³-hybridized carbons (Fsp3) is 0.273. The Kier molecular flexibility index (Phi) is 4.57. The maximum absolute atomic E-state index is 13.3. The van der Waals surface area contributed by atoms with Gasteiger partial charge in [0.05, 0.1) is 23.5 Å². The van der Waals surface area contributed by atoms with E-state index in [1.165, 1.54) is 22.2 Å². The minimum Gasteiger partial charge on any atom is -0.343 e. The zero-order chi connectivity index (χ0) is 21.6. The fourth-order valence-electron chi connectivity index (χ4n) is 3.49. The number of fused-ring (bicyclic) bond motifs is 1. The third-order valence-corrected chi connectivity index (χ3v) is 5.24. The first kappa shape index (κ1) is 19.6. The summed E-state index contributed by atoms with van der Waals surface area (Å²) in [6, 6.07) is 5.84. The van der Waals surface area contributed by atoms with E-state index in [2.05, 4.69) is 19.9 Å². The van der Waals surface area contributed by atoms with Gasteiger partial charge in [0.1, 0.15) is 11.5 Å². The second kappa shape index (κ2) is 6.98. The number of hydrogen-bond donors (Lipinski definition) is 0. The summed E-state index contributed by atoms with van der Waals surface area (Å²) in [4.78, 5) is 45.7. The van der Waals surface area contributed by atoms with Crippen LogP contribution in [0.15, 0.2) is 43.0 Å². The maximum atomic E-state index is 13.3. The lowest BCUT2D eigenvalue weighted by atomic mass is 9.85. The first-order valence-corrected chi connectivity index (χ1v) is 9.52. The SMILES string of the molecule is Cc1ncc(-c2ccc3c(c2)N(c2cncc(C(=O)N(C)C)n2)C(=O)C3(C)C)cn1. The second-order valence-corrected chi connectivity index (χ2v) is 7.98. The molecule has 1 aliphatic heterocycles. The smallest absolute Gasteiger partial charge is 0.273 e. The Morgan fingerprint density at radius 2 is 1.73 bits per heavy atom. The van der Waals surface area contributed by atoms with Gasteiger partial charge in [-0.25, -0.2) is 15.0 Å². The first-order valence-electron chi connectivity index (χ1n) is 9.52. The van der Waals surface area contributed by atoms with Crippen molar-refractivity contribution in [3.8, 4) is 11.1 Å². The number of carbonyl (C=O) groups excluding carboxylic acids is 2. The van der Waals surface area contributed by atoms with Crippen LogP contribution in [0.5, 0.6) is 0 Å². The van der Waals surface area contributed by atoms with Gasteiger partial charge in [-0.3, -0.25) is 19.5 Å². The number of carbonyl (C=O) groups is 2. The number of aryl methyl sites for hydroxylation is 1. The van der Waals surface area contributed by atoms with Crippen LogP contribution in [-0.4, -0.2) is 50.7 Å². The third-order valence-electron chi connectivity index (χ3n) is 5.24. The van der Waals surface area contributed by atoms with E-state index in [1.807, 2.05) is 39.0 Å². The van der Waals surface area contributed by atoms with Gasteiger partial charge in [-0.05, 0) is 38.0 Å². The zero-order valence-corrected chi connectivity index (χ0v) is 17.5. The summed E-state index contributed by atoms with van der Waals surface area (Å²) in [5.74, 6) is 0.604. The Morgan fingerprint density at radius 3 is 2.40 bits per heavy atom. The van der Waals surface area contributed by atoms with Gasteiger partial charge in [0, 0.05) is 32.1 Å². The zero-order valence-electron chi connectivity index (χ0n) is 17.5. The molecular formula is C22H22N6O2. The molecule has 8 nitrogen and oxygen atoms in total. The quantitative estimate of drug-likeness (QED) is 0.669. The Balaban J connectivity index is 1.84. The standard InChI is InChI=1S/C22H22N6O2/c1-13-24-9-15(10-25-13)14-6-7-16-18(8-14)28(21(30)22(16,2)3)19-12-23-11-17(26-19)20(29)27(4)5/h6-12H,1-5H3. The molecule has 1 aliphatic rings. The molecule has 1 aromatic carbocycles. The van der Waals surface area contributed by atoms with Gasteiger partial charge in [0.15, 0.2) is 5.82 Å². The maximum Gasteiger partial charge on any atom is 0.273 e. The third kappa shape index (κ3) is 3.10. The molecule has 8 heteroatoms. The lowest BCUT2D eigenvalue weighted by Crippen LogP contribution is -2.34. The molecule has 0 radical (unpaired) electrons. The molecule has 0 fully saturated rings. The van der Waals surface area contributed by atoms with Crippen molar-refractivity contribution in [3.63, 3.8) is 0 Å². The van der Waals surface area contributed by atoms with E-state index in [9.17, 15) is 9.59 Å². The molecule has 3 heterocycles. The number of amides is 2. The highest BCUT2D eigenvalue weighted by Crippen LogP contribution is 2.46. The van der Waals surface area contributed by atoms with E-state index in [4.69, 9.17) is 0 Å². The van der Waals surface area contributed by atoms with Crippen molar-refractivity contribution in [3.05, 3.63) is 60.1 Å². The van der Waals surface area contributed by atoms with Crippen molar-refractivity contribution >= 4 is 23.3 Å². The van der Waals surface area contributed by atoms with Crippen LogP contribution in [0.25, 0.3) is 11.1 Å². The van der Waals surface area contributed by atoms with Crippen LogP contribution in [0.3, 0.4) is 0 Å². The monoisotopic (exact) mass is 402 g/mol. The van der Waals surface area contributed by atoms with E-state index < -0.39 is 5.41 Å². The van der Waals surface area contributed by atoms with Gasteiger partial charge in [0.2, 0.25) is 5.91 Å². The second-order valence-electron chi connectivity index (χ2n) is 7.98. The number of rotatable bonds is 3. The van der Waals surface area contributed by atoms with Crippen molar-refractivity contribution in [2.75, 3.05) is 19.0 Å². The molecule has 2 amide bonds. The number of hydrogen-bond acceptors (Lipinski definition) is 6. The molecule has 0 saturated heterocycles. The lowest BCUT2D eigenvalue weighted by molar-refractivity contribution is -0.121. The summed E-state index contributed by atoms with van der Waals surface area (Å²) in [7, 11) is 3.29. The van der Waals surface area contributed by atoms with Crippen molar-refractivity contribution < 1.29 is 9.59 Å². The summed E-state index contributed by atoms with van der Waals surface area (Å²) in [5, 5.41) is 0. The molecule has 0 bridgehead atoms. The van der Waals surface area contributed by atoms with Crippen molar-refractivity contribution in [1.82, 2.24) is 24.8 Å². The molecular weight excluding hydrogens is 380 g/mol. The molecule has 0 aliphatic carbocycles. The minimum absolute atomic E-state index is 0.126. The predicted octanol–water partition coefficient (Wildman–Crippen LogP) is 2.90. The normalized spacial score (nSPS) is 14.6. The molecule has 152 valence electrons. The Morgan fingerprint density at radius 1 is 1.03 bits per heavy atom. The van der Waals surface area contributed by atoms with Gasteiger partial charge >= 0.3 is 0 Å². The minimum atomic E-state index is -0.735. The number of aromatic nitrogens is 4. The van der Waals surface area contributed by atoms with Crippen LogP contribution in [0.1, 0.15) is 35.7 Å². The molecule has 3 aromatic rings. The summed E-state index contributed by atoms with van der Waals surface area (Å²) in [6.07, 6.45) is 6.41. The van der Waals surface area contributed by atoms with Crippen molar-refractivity contribution in [1.29, 1.82) is 0 Å². The molecule has 30 heavy (non-hydrogen) atoms. The van der Waals surface area contributed by atoms with Crippen LogP contribution in [0.2, 0.25) is 0 Å². The topological polar surface area (TPSA) is 92.2 Å². The van der Waals surface area contributed by atoms with Crippen LogP contribution in [0.4, 0.5) is 11.5 Å². The van der Waals surface area contributed by atoms with E-state index in [-0.39, 0.29) is 17.5 Å². The number of anilines is 2. The van der Waals surface area contributed by atoms with Gasteiger partial charge in [-0.15, -0.1) is 0 Å². The van der Waals surface area contributed by atoms with Crippen molar-refractivity contribution in [2.45, 2.75) is 26.2 Å². The van der Waals surface area contributed by atoms with Gasteiger partial charge in [-0.1, -0.05) is 12.1 Å². The van der Waals surface area contributed by atoms with Crippen LogP contribution in [0, 0.1) is 6.92 Å². The van der Waals surface area contributed by atoms with E-state index in [0.717, 1.165) is 16.7 Å². The molecule has 4 rings (SSSR count). The van der Waals surface area contributed by atoms with E-state index in [0.29, 0.717) is 17.3 Å². The van der Waals surface area contributed by atoms with E-state index >= 15 is 0 Å². The molecule has 0 spiro atoms. The lowest BCUT2D eigenvalue weighted by Gasteiger charge is -2.20. The predicted molar refractivity (Wildman–Crippen MR) is 112 cm³/mol. The van der Waals surface area contributed by atoms with Gasteiger partial charge in [0.25, 0.3) is 5.91 Å². The average molecular weight is 402 g/mol. The highest BCUT2D eigenvalue weighted by molar-refractivity contribution is 6.12.